The van der Waals surface area contributed by atoms with Crippen LogP contribution in [0.2, 0.25) is 0 Å². The van der Waals surface area contributed by atoms with Gasteiger partial charge in [0.05, 0.1) is 5.69 Å². The van der Waals surface area contributed by atoms with Gasteiger partial charge in [0.1, 0.15) is 0 Å². The molecule has 0 fully saturated rings. The molecule has 0 spiro atoms. The second-order valence-corrected chi connectivity index (χ2v) is 4.95. The minimum absolute atomic E-state index is 0.673. The van der Waals surface area contributed by atoms with Crippen LogP contribution in [0.25, 0.3) is 16.8 Å². The van der Waals surface area contributed by atoms with E-state index in [4.69, 9.17) is 0 Å². The highest BCUT2D eigenvalue weighted by molar-refractivity contribution is 5.77. The van der Waals surface area contributed by atoms with E-state index in [1.54, 1.807) is 0 Å². The third-order valence-electron chi connectivity index (χ3n) is 3.87. The number of pyridine rings is 1. The lowest BCUT2D eigenvalue weighted by Gasteiger charge is -2.02. The molecule has 0 atom stereocenters. The SMILES string of the molecule is Cc1cc(-c2cc3cccc(C=O)n3c2)n(C)c1C. The largest absolute Gasteiger partial charge is 0.348 e. The number of carbonyl (C=O) groups excluding carboxylic acids is 1. The highest BCUT2D eigenvalue weighted by atomic mass is 16.1. The third kappa shape index (κ3) is 1.70. The third-order valence-corrected chi connectivity index (χ3v) is 3.87. The number of aromatic nitrogens is 2. The maximum Gasteiger partial charge on any atom is 0.166 e. The second kappa shape index (κ2) is 4.12. The molecule has 3 aromatic heterocycles. The van der Waals surface area contributed by atoms with Gasteiger partial charge in [-0.05, 0) is 43.7 Å². The molecule has 0 N–H and O–H groups in total. The molecule has 0 aliphatic rings. The van der Waals surface area contributed by atoms with Crippen LogP contribution in [0, 0.1) is 13.8 Å². The lowest BCUT2D eigenvalue weighted by Crippen LogP contribution is -1.94. The summed E-state index contributed by atoms with van der Waals surface area (Å²) in [7, 11) is 2.07. The fraction of sp³-hybridized carbons (Fsp3) is 0.188. The molecule has 3 nitrogen and oxygen atoms in total. The molecule has 3 heterocycles. The zero-order valence-electron chi connectivity index (χ0n) is 11.3. The molecular weight excluding hydrogens is 236 g/mol. The molecule has 96 valence electrons. The maximum atomic E-state index is 11.1. The average molecular weight is 252 g/mol. The number of hydrogen-bond acceptors (Lipinski definition) is 1. The van der Waals surface area contributed by atoms with Crippen molar-refractivity contribution in [1.29, 1.82) is 0 Å². The zero-order valence-corrected chi connectivity index (χ0v) is 11.3. The van der Waals surface area contributed by atoms with E-state index in [1.807, 2.05) is 28.8 Å². The van der Waals surface area contributed by atoms with Gasteiger partial charge in [-0.25, -0.2) is 0 Å². The summed E-state index contributed by atoms with van der Waals surface area (Å²) in [5, 5.41) is 0. The minimum atomic E-state index is 0.673. The van der Waals surface area contributed by atoms with Crippen molar-refractivity contribution in [1.82, 2.24) is 8.97 Å². The number of fused-ring (bicyclic) bond motifs is 1. The van der Waals surface area contributed by atoms with Crippen molar-refractivity contribution in [2.75, 3.05) is 0 Å². The molecular formula is C16H16N2O. The van der Waals surface area contributed by atoms with Gasteiger partial charge in [-0.15, -0.1) is 0 Å². The lowest BCUT2D eigenvalue weighted by molar-refractivity contribution is 0.111. The molecule has 0 bridgehead atoms. The van der Waals surface area contributed by atoms with Gasteiger partial charge in [0.25, 0.3) is 0 Å². The fourth-order valence-corrected chi connectivity index (χ4v) is 2.52. The van der Waals surface area contributed by atoms with Crippen molar-refractivity contribution < 1.29 is 4.79 Å². The first-order valence-corrected chi connectivity index (χ1v) is 6.31. The van der Waals surface area contributed by atoms with E-state index in [1.165, 1.54) is 17.0 Å². The van der Waals surface area contributed by atoms with Crippen molar-refractivity contribution in [3.8, 4) is 11.3 Å². The first-order valence-electron chi connectivity index (χ1n) is 6.31. The number of hydrogen-bond donors (Lipinski definition) is 0. The van der Waals surface area contributed by atoms with Crippen molar-refractivity contribution in [2.24, 2.45) is 7.05 Å². The number of aryl methyl sites for hydroxylation is 1. The summed E-state index contributed by atoms with van der Waals surface area (Å²) in [6.07, 6.45) is 2.91. The quantitative estimate of drug-likeness (QED) is 0.642. The summed E-state index contributed by atoms with van der Waals surface area (Å²) in [6, 6.07) is 10.0. The first kappa shape index (κ1) is 11.8. The minimum Gasteiger partial charge on any atom is -0.348 e. The Balaban J connectivity index is 2.26. The molecule has 0 saturated heterocycles. The number of nitrogens with zero attached hydrogens (tertiary/aromatic N) is 2. The highest BCUT2D eigenvalue weighted by Gasteiger charge is 2.10. The predicted molar refractivity (Wildman–Crippen MR) is 76.7 cm³/mol. The normalized spacial score (nSPS) is 11.1. The molecule has 19 heavy (non-hydrogen) atoms. The summed E-state index contributed by atoms with van der Waals surface area (Å²) < 4.78 is 4.12. The number of aldehydes is 1. The molecule has 3 heteroatoms. The van der Waals surface area contributed by atoms with Gasteiger partial charge in [0, 0.05) is 35.7 Å². The Kier molecular flexibility index (Phi) is 2.56. The topological polar surface area (TPSA) is 26.4 Å². The van der Waals surface area contributed by atoms with Crippen LogP contribution in [0.15, 0.2) is 36.5 Å². The van der Waals surface area contributed by atoms with Gasteiger partial charge in [-0.2, -0.15) is 0 Å². The van der Waals surface area contributed by atoms with Crippen LogP contribution in [0.5, 0.6) is 0 Å². The van der Waals surface area contributed by atoms with Crippen molar-refractivity contribution in [2.45, 2.75) is 13.8 Å². The van der Waals surface area contributed by atoms with Crippen LogP contribution >= 0.6 is 0 Å². The van der Waals surface area contributed by atoms with E-state index in [-0.39, 0.29) is 0 Å². The smallest absolute Gasteiger partial charge is 0.166 e. The zero-order chi connectivity index (χ0) is 13.6. The van der Waals surface area contributed by atoms with Crippen LogP contribution in [0.4, 0.5) is 0 Å². The Morgan fingerprint density at radius 2 is 1.95 bits per heavy atom. The van der Waals surface area contributed by atoms with Crippen molar-refractivity contribution in [3.63, 3.8) is 0 Å². The summed E-state index contributed by atoms with van der Waals surface area (Å²) in [5.74, 6) is 0. The van der Waals surface area contributed by atoms with E-state index >= 15 is 0 Å². The van der Waals surface area contributed by atoms with E-state index in [9.17, 15) is 4.79 Å². The predicted octanol–water partition coefficient (Wildman–Crippen LogP) is 3.37. The van der Waals surface area contributed by atoms with Crippen LogP contribution in [-0.4, -0.2) is 15.3 Å². The Morgan fingerprint density at radius 1 is 1.16 bits per heavy atom. The highest BCUT2D eigenvalue weighted by Crippen LogP contribution is 2.27. The van der Waals surface area contributed by atoms with Gasteiger partial charge in [-0.3, -0.25) is 4.79 Å². The number of carbonyl (C=O) groups is 1. The molecule has 0 amide bonds. The van der Waals surface area contributed by atoms with Crippen LogP contribution in [0.3, 0.4) is 0 Å². The Hall–Kier alpha value is -2.29. The summed E-state index contributed by atoms with van der Waals surface area (Å²) in [4.78, 5) is 11.1. The van der Waals surface area contributed by atoms with Crippen molar-refractivity contribution in [3.05, 3.63) is 53.5 Å². The Morgan fingerprint density at radius 3 is 2.58 bits per heavy atom. The van der Waals surface area contributed by atoms with E-state index in [2.05, 4.69) is 37.6 Å². The molecule has 0 aliphatic heterocycles. The molecule has 0 saturated carbocycles. The van der Waals surface area contributed by atoms with Gasteiger partial charge in [0.15, 0.2) is 6.29 Å². The van der Waals surface area contributed by atoms with Crippen LogP contribution < -0.4 is 0 Å². The summed E-state index contributed by atoms with van der Waals surface area (Å²) >= 11 is 0. The van der Waals surface area contributed by atoms with E-state index < -0.39 is 0 Å². The lowest BCUT2D eigenvalue weighted by atomic mass is 10.2. The molecule has 3 aromatic rings. The Labute approximate surface area is 112 Å². The maximum absolute atomic E-state index is 11.1. The van der Waals surface area contributed by atoms with E-state index in [0.29, 0.717) is 5.69 Å². The summed E-state index contributed by atoms with van der Waals surface area (Å²) in [5.41, 5.74) is 6.57. The van der Waals surface area contributed by atoms with Gasteiger partial charge >= 0.3 is 0 Å². The molecule has 0 unspecified atom stereocenters. The molecule has 3 rings (SSSR count). The van der Waals surface area contributed by atoms with Gasteiger partial charge in [0.2, 0.25) is 0 Å². The monoisotopic (exact) mass is 252 g/mol. The standard InChI is InChI=1S/C16H16N2O/c1-11-7-16(17(3)12(11)2)13-8-14-5-4-6-15(10-19)18(14)9-13/h4-10H,1-3H3. The Bertz CT molecular complexity index is 777. The average Bonchev–Trinajstić information content (AvgIpc) is 2.95. The molecule has 0 aliphatic carbocycles. The van der Waals surface area contributed by atoms with Crippen LogP contribution in [-0.2, 0) is 7.05 Å². The van der Waals surface area contributed by atoms with Crippen molar-refractivity contribution >= 4 is 11.8 Å². The van der Waals surface area contributed by atoms with Gasteiger partial charge < -0.3 is 8.97 Å². The summed E-state index contributed by atoms with van der Waals surface area (Å²) in [6.45, 7) is 4.23. The van der Waals surface area contributed by atoms with Gasteiger partial charge in [-0.1, -0.05) is 6.07 Å². The fourth-order valence-electron chi connectivity index (χ4n) is 2.52. The number of rotatable bonds is 2. The van der Waals surface area contributed by atoms with Crippen LogP contribution in [0.1, 0.15) is 21.7 Å². The second-order valence-electron chi connectivity index (χ2n) is 4.95. The molecule has 0 radical (unpaired) electrons. The van der Waals surface area contributed by atoms with E-state index in [0.717, 1.165) is 17.4 Å². The molecule has 0 aromatic carbocycles. The first-order chi connectivity index (χ1) is 9.11.